The molecule has 4 fully saturated rings. The summed E-state index contributed by atoms with van der Waals surface area (Å²) in [6.07, 6.45) is 0.313. The van der Waals surface area contributed by atoms with Gasteiger partial charge in [0.05, 0.1) is 25.3 Å². The smallest absolute Gasteiger partial charge is 0.329 e. The number of likely N-dealkylation sites (tertiary alicyclic amines) is 1. The molecule has 1 saturated carbocycles. The summed E-state index contributed by atoms with van der Waals surface area (Å²) in [5.41, 5.74) is 1.90. The summed E-state index contributed by atoms with van der Waals surface area (Å²) >= 11 is 0. The third-order valence-corrected chi connectivity index (χ3v) is 11.4. The van der Waals surface area contributed by atoms with E-state index < -0.39 is 43.4 Å². The highest BCUT2D eigenvalue weighted by Gasteiger charge is 2.58. The van der Waals surface area contributed by atoms with Gasteiger partial charge in [-0.15, -0.1) is 0 Å². The summed E-state index contributed by atoms with van der Waals surface area (Å²) in [5, 5.41) is 8.71. The Bertz CT molecular complexity index is 1670. The van der Waals surface area contributed by atoms with E-state index in [-0.39, 0.29) is 44.0 Å². The summed E-state index contributed by atoms with van der Waals surface area (Å²) in [6, 6.07) is 13.5. The highest BCUT2D eigenvalue weighted by atomic mass is 31.2. The van der Waals surface area contributed by atoms with E-state index in [1.807, 2.05) is 12.1 Å². The van der Waals surface area contributed by atoms with E-state index >= 15 is 0 Å². The number of hydrogen-bond donors (Lipinski definition) is 4. The van der Waals surface area contributed by atoms with Gasteiger partial charge in [-0.3, -0.25) is 28.4 Å². The lowest BCUT2D eigenvalue weighted by Crippen LogP contribution is -2.49. The molecular formula is C37H47FN5O7P. The van der Waals surface area contributed by atoms with E-state index in [0.717, 1.165) is 44.0 Å². The molecule has 0 aromatic heterocycles. The van der Waals surface area contributed by atoms with Crippen molar-refractivity contribution in [1.82, 2.24) is 25.8 Å². The molecule has 0 spiro atoms. The Morgan fingerprint density at radius 3 is 2.33 bits per heavy atom. The van der Waals surface area contributed by atoms with Crippen LogP contribution in [0, 0.1) is 11.8 Å². The molecule has 1 unspecified atom stereocenters. The number of alkyl halides is 1. The number of benzene rings is 2. The van der Waals surface area contributed by atoms with E-state index in [2.05, 4.69) is 44.8 Å². The van der Waals surface area contributed by atoms with E-state index in [1.165, 1.54) is 10.5 Å². The molecule has 0 bridgehead atoms. The molecule has 51 heavy (non-hydrogen) atoms. The van der Waals surface area contributed by atoms with Crippen LogP contribution in [0.5, 0.6) is 0 Å². The molecule has 4 aliphatic rings. The van der Waals surface area contributed by atoms with Gasteiger partial charge in [0.1, 0.15) is 6.17 Å². The van der Waals surface area contributed by atoms with Crippen molar-refractivity contribution in [3.05, 3.63) is 70.8 Å². The maximum absolute atomic E-state index is 13.8. The van der Waals surface area contributed by atoms with E-state index in [9.17, 15) is 28.2 Å². The number of amides is 3. The number of nitrogens with one attached hydrogen (secondary N) is 3. The zero-order valence-electron chi connectivity index (χ0n) is 28.9. The predicted molar refractivity (Wildman–Crippen MR) is 189 cm³/mol. The Kier molecular flexibility index (Phi) is 11.9. The first-order valence-corrected chi connectivity index (χ1v) is 19.6. The molecule has 6 rings (SSSR count). The van der Waals surface area contributed by atoms with Gasteiger partial charge in [-0.05, 0) is 67.6 Å². The average Bonchev–Trinajstić information content (AvgIpc) is 3.56. The van der Waals surface area contributed by atoms with Crippen molar-refractivity contribution in [2.45, 2.75) is 75.5 Å². The Morgan fingerprint density at radius 2 is 1.73 bits per heavy atom. The van der Waals surface area contributed by atoms with Gasteiger partial charge in [-0.25, -0.2) is 4.39 Å². The van der Waals surface area contributed by atoms with Crippen LogP contribution in [0.2, 0.25) is 0 Å². The van der Waals surface area contributed by atoms with E-state index in [4.69, 9.17) is 9.26 Å². The van der Waals surface area contributed by atoms with Crippen molar-refractivity contribution in [2.75, 3.05) is 52.1 Å². The number of rotatable bonds is 12. The van der Waals surface area contributed by atoms with Gasteiger partial charge in [0.2, 0.25) is 5.91 Å². The van der Waals surface area contributed by atoms with Gasteiger partial charge in [-0.1, -0.05) is 30.9 Å². The van der Waals surface area contributed by atoms with Gasteiger partial charge < -0.3 is 30.5 Å². The maximum Gasteiger partial charge on any atom is 0.329 e. The standard InChI is InChI=1S/C37H47FN5O7P/c1-2-19-51(47,48)50-37(13-14-37)36(46)43-25-31(41-35(45)33-20-30(38)22-39-33)21-32(43)23-40-34(44)29-11-9-27(10-12-29)4-3-26-5-7-28(8-6-26)24-42-15-17-49-18-16-42/h5-12,30-33,39H,2,13-25H2,1H3,(H,40,44)(H,41,45)(H,47,48)/t30-,31+,32+,33-/m0/s1. The third kappa shape index (κ3) is 9.83. The van der Waals surface area contributed by atoms with E-state index in [1.54, 1.807) is 31.2 Å². The molecule has 3 saturated heterocycles. The quantitative estimate of drug-likeness (QED) is 0.192. The fourth-order valence-corrected chi connectivity index (χ4v) is 8.31. The number of ether oxygens (including phenoxy) is 1. The lowest BCUT2D eigenvalue weighted by molar-refractivity contribution is -0.142. The zero-order chi connectivity index (χ0) is 36.0. The van der Waals surface area contributed by atoms with Crippen molar-refractivity contribution in [2.24, 2.45) is 0 Å². The highest BCUT2D eigenvalue weighted by Crippen LogP contribution is 2.56. The molecule has 2 aromatic carbocycles. The third-order valence-electron chi connectivity index (χ3n) is 9.79. The number of morpholine rings is 1. The average molecular weight is 724 g/mol. The number of carbonyl (C=O) groups excluding carboxylic acids is 3. The van der Waals surface area contributed by atoms with Gasteiger partial charge >= 0.3 is 7.60 Å². The van der Waals surface area contributed by atoms with Crippen LogP contribution in [0.15, 0.2) is 48.5 Å². The van der Waals surface area contributed by atoms with Crippen LogP contribution in [-0.2, 0) is 30.0 Å². The van der Waals surface area contributed by atoms with Crippen molar-refractivity contribution >= 4 is 25.3 Å². The Hall–Kier alpha value is -3.63. The van der Waals surface area contributed by atoms with Gasteiger partial charge in [-0.2, -0.15) is 0 Å². The van der Waals surface area contributed by atoms with Gasteiger partial charge in [0.15, 0.2) is 5.60 Å². The van der Waals surface area contributed by atoms with E-state index in [0.29, 0.717) is 31.2 Å². The second kappa shape index (κ2) is 16.4. The minimum Gasteiger partial charge on any atom is -0.379 e. The summed E-state index contributed by atoms with van der Waals surface area (Å²) < 4.78 is 37.4. The van der Waals surface area contributed by atoms with Crippen molar-refractivity contribution in [1.29, 1.82) is 0 Å². The SMILES string of the molecule is CCCP(=O)(O)OC1(C(=O)N2C[C@H](NC(=O)[C@@H]3C[C@H](F)CN3)C[C@@H]2CNC(=O)c2ccc(C#Cc3ccc(CN4CCOCC4)cc3)cc2)CC1. The Balaban J connectivity index is 1.06. The lowest BCUT2D eigenvalue weighted by Gasteiger charge is -2.30. The first-order chi connectivity index (χ1) is 24.5. The topological polar surface area (TPSA) is 150 Å². The molecule has 5 atom stereocenters. The number of halogens is 1. The number of hydrogen-bond acceptors (Lipinski definition) is 8. The second-order valence-electron chi connectivity index (χ2n) is 13.9. The molecule has 14 heteroatoms. The van der Waals surface area contributed by atoms with Gasteiger partial charge in [0.25, 0.3) is 11.8 Å². The highest BCUT2D eigenvalue weighted by molar-refractivity contribution is 7.52. The predicted octanol–water partition coefficient (Wildman–Crippen LogP) is 2.58. The first-order valence-electron chi connectivity index (χ1n) is 17.8. The second-order valence-corrected chi connectivity index (χ2v) is 15.8. The largest absolute Gasteiger partial charge is 0.379 e. The first kappa shape index (κ1) is 37.1. The summed E-state index contributed by atoms with van der Waals surface area (Å²) in [4.78, 5) is 54.1. The monoisotopic (exact) mass is 723 g/mol. The summed E-state index contributed by atoms with van der Waals surface area (Å²) in [7, 11) is -3.98. The summed E-state index contributed by atoms with van der Waals surface area (Å²) in [6.45, 7) is 6.38. The maximum atomic E-state index is 13.8. The molecule has 12 nitrogen and oxygen atoms in total. The molecule has 3 heterocycles. The molecule has 1 aliphatic carbocycles. The molecule has 0 radical (unpaired) electrons. The Labute approximate surface area is 298 Å². The molecule has 3 amide bonds. The minimum absolute atomic E-state index is 0.0582. The van der Waals surface area contributed by atoms with Crippen LogP contribution >= 0.6 is 7.60 Å². The zero-order valence-corrected chi connectivity index (χ0v) is 29.8. The number of nitrogens with zero attached hydrogens (tertiary/aromatic N) is 2. The van der Waals surface area contributed by atoms with Gasteiger partial charge in [0, 0.05) is 74.6 Å². The van der Waals surface area contributed by atoms with Crippen LogP contribution in [0.25, 0.3) is 0 Å². The fourth-order valence-electron chi connectivity index (χ4n) is 6.85. The molecule has 2 aromatic rings. The van der Waals surface area contributed by atoms with Crippen LogP contribution in [-0.4, -0.2) is 114 Å². The molecule has 274 valence electrons. The number of carbonyl (C=O) groups is 3. The molecule has 3 aliphatic heterocycles. The van der Waals surface area contributed by atoms with Crippen molar-refractivity contribution < 1.29 is 37.5 Å². The minimum atomic E-state index is -3.98. The summed E-state index contributed by atoms with van der Waals surface area (Å²) in [5.74, 6) is 5.21. The normalized spacial score (nSPS) is 25.4. The van der Waals surface area contributed by atoms with Crippen molar-refractivity contribution in [3.8, 4) is 11.8 Å². The fraction of sp³-hybridized carbons (Fsp3) is 0.541. The van der Waals surface area contributed by atoms with Crippen LogP contribution in [0.4, 0.5) is 4.39 Å². The molecular weight excluding hydrogens is 676 g/mol. The lowest BCUT2D eigenvalue weighted by atomic mass is 10.1. The van der Waals surface area contributed by atoms with Crippen LogP contribution in [0.3, 0.4) is 0 Å². The van der Waals surface area contributed by atoms with Crippen LogP contribution in [0.1, 0.15) is 66.1 Å². The van der Waals surface area contributed by atoms with Crippen LogP contribution < -0.4 is 16.0 Å². The molecule has 4 N–H and O–H groups in total. The van der Waals surface area contributed by atoms with Crippen molar-refractivity contribution in [3.63, 3.8) is 0 Å². The Morgan fingerprint density at radius 1 is 1.06 bits per heavy atom.